The lowest BCUT2D eigenvalue weighted by Crippen LogP contribution is -2.31. The van der Waals surface area contributed by atoms with Crippen molar-refractivity contribution in [3.05, 3.63) is 26.5 Å². The zero-order chi connectivity index (χ0) is 13.5. The van der Waals surface area contributed by atoms with Crippen LogP contribution in [0.5, 0.6) is 0 Å². The maximum Gasteiger partial charge on any atom is 0.178 e. The van der Waals surface area contributed by atoms with E-state index in [2.05, 4.69) is 57.3 Å². The second-order valence-electron chi connectivity index (χ2n) is 5.60. The summed E-state index contributed by atoms with van der Waals surface area (Å²) in [4.78, 5) is 3.32. The van der Waals surface area contributed by atoms with E-state index >= 15 is 0 Å². The Morgan fingerprint density at radius 2 is 2.16 bits per heavy atom. The number of rotatable bonds is 2. The van der Waals surface area contributed by atoms with Gasteiger partial charge in [-0.05, 0) is 71.3 Å². The highest BCUT2D eigenvalue weighted by atomic mass is 127. The topological polar surface area (TPSA) is 29.9 Å². The number of aromatic nitrogens is 2. The summed E-state index contributed by atoms with van der Waals surface area (Å²) in [6, 6.07) is 6.44. The number of halogens is 1. The van der Waals surface area contributed by atoms with Gasteiger partial charge in [-0.1, -0.05) is 6.92 Å². The Labute approximate surface area is 131 Å². The van der Waals surface area contributed by atoms with Gasteiger partial charge in [0.15, 0.2) is 4.77 Å². The first-order chi connectivity index (χ1) is 9.07. The van der Waals surface area contributed by atoms with Crippen LogP contribution in [0.15, 0.2) is 18.2 Å². The highest BCUT2D eigenvalue weighted by Crippen LogP contribution is 2.33. The molecule has 1 aliphatic heterocycles. The first-order valence-electron chi connectivity index (χ1n) is 6.53. The van der Waals surface area contributed by atoms with Crippen LogP contribution in [-0.2, 0) is 11.3 Å². The summed E-state index contributed by atoms with van der Waals surface area (Å²) in [7, 11) is 0. The third kappa shape index (κ3) is 2.73. The van der Waals surface area contributed by atoms with Crippen LogP contribution in [0.1, 0.15) is 19.8 Å². The van der Waals surface area contributed by atoms with E-state index in [4.69, 9.17) is 17.0 Å². The minimum Gasteiger partial charge on any atom is -0.381 e. The van der Waals surface area contributed by atoms with Crippen molar-refractivity contribution in [1.29, 1.82) is 0 Å². The fourth-order valence-electron chi connectivity index (χ4n) is 2.70. The number of H-pyrrole nitrogens is 1. The lowest BCUT2D eigenvalue weighted by atomic mass is 9.82. The molecule has 1 aromatic carbocycles. The Bertz CT molecular complexity index is 655. The second-order valence-corrected chi connectivity index (χ2v) is 7.23. The highest BCUT2D eigenvalue weighted by Gasteiger charge is 2.28. The van der Waals surface area contributed by atoms with Gasteiger partial charge in [-0.15, -0.1) is 0 Å². The largest absolute Gasteiger partial charge is 0.381 e. The number of hydrogen-bond donors (Lipinski definition) is 1. The smallest absolute Gasteiger partial charge is 0.178 e. The summed E-state index contributed by atoms with van der Waals surface area (Å²) in [5.74, 6) is 0. The Hall–Kier alpha value is -0.400. The first-order valence-corrected chi connectivity index (χ1v) is 8.02. The maximum absolute atomic E-state index is 5.49. The Balaban J connectivity index is 2.00. The van der Waals surface area contributed by atoms with Crippen molar-refractivity contribution in [1.82, 2.24) is 9.55 Å². The van der Waals surface area contributed by atoms with Crippen LogP contribution in [0.3, 0.4) is 0 Å². The average molecular weight is 388 g/mol. The molecule has 2 aromatic rings. The zero-order valence-electron chi connectivity index (χ0n) is 10.9. The molecule has 3 nitrogen and oxygen atoms in total. The van der Waals surface area contributed by atoms with Gasteiger partial charge in [-0.25, -0.2) is 0 Å². The molecule has 0 atom stereocenters. The van der Waals surface area contributed by atoms with E-state index in [-0.39, 0.29) is 5.41 Å². The lowest BCUT2D eigenvalue weighted by molar-refractivity contribution is 0.0159. The molecule has 0 aliphatic carbocycles. The molecule has 102 valence electrons. The second kappa shape index (κ2) is 5.18. The molecule has 1 aromatic heterocycles. The minimum atomic E-state index is 0.286. The fourth-order valence-corrected chi connectivity index (χ4v) is 3.46. The van der Waals surface area contributed by atoms with E-state index in [9.17, 15) is 0 Å². The summed E-state index contributed by atoms with van der Waals surface area (Å²) in [5.41, 5.74) is 2.62. The maximum atomic E-state index is 5.49. The molecule has 1 saturated heterocycles. The van der Waals surface area contributed by atoms with Crippen LogP contribution < -0.4 is 0 Å². The number of imidazole rings is 1. The van der Waals surface area contributed by atoms with Crippen LogP contribution in [0, 0.1) is 13.8 Å². The standard InChI is InChI=1S/C14H17IN2OS/c1-14(4-6-18-7-5-14)9-17-12-3-2-10(15)8-11(12)16-13(17)19/h2-3,8H,4-7,9H2,1H3,(H,16,19). The van der Waals surface area contributed by atoms with Crippen molar-refractivity contribution < 1.29 is 4.74 Å². The van der Waals surface area contributed by atoms with Crippen LogP contribution in [0.25, 0.3) is 11.0 Å². The van der Waals surface area contributed by atoms with E-state index in [0.717, 1.165) is 42.9 Å². The first kappa shape index (κ1) is 13.6. The van der Waals surface area contributed by atoms with Gasteiger partial charge in [0, 0.05) is 23.3 Å². The SMILES string of the molecule is CC1(Cn2c(=S)[nH]c3cc(I)ccc32)CCOCC1. The van der Waals surface area contributed by atoms with Crippen molar-refractivity contribution >= 4 is 45.8 Å². The third-order valence-electron chi connectivity index (χ3n) is 3.98. The van der Waals surface area contributed by atoms with E-state index in [0.29, 0.717) is 0 Å². The summed E-state index contributed by atoms with van der Waals surface area (Å²) in [6.07, 6.45) is 2.21. The summed E-state index contributed by atoms with van der Waals surface area (Å²) >= 11 is 7.82. The van der Waals surface area contributed by atoms with Crippen molar-refractivity contribution in [2.24, 2.45) is 5.41 Å². The van der Waals surface area contributed by atoms with E-state index in [1.54, 1.807) is 0 Å². The molecule has 0 bridgehead atoms. The Morgan fingerprint density at radius 1 is 1.42 bits per heavy atom. The molecule has 2 heterocycles. The lowest BCUT2D eigenvalue weighted by Gasteiger charge is -2.33. The Kier molecular flexibility index (Phi) is 3.70. The molecule has 3 rings (SSSR count). The molecule has 19 heavy (non-hydrogen) atoms. The van der Waals surface area contributed by atoms with Gasteiger partial charge in [0.1, 0.15) is 0 Å². The third-order valence-corrected chi connectivity index (χ3v) is 4.97. The number of hydrogen-bond acceptors (Lipinski definition) is 2. The summed E-state index contributed by atoms with van der Waals surface area (Å²) < 4.78 is 9.77. The molecule has 1 N–H and O–H groups in total. The highest BCUT2D eigenvalue weighted by molar-refractivity contribution is 14.1. The van der Waals surface area contributed by atoms with Gasteiger partial charge in [-0.3, -0.25) is 0 Å². The van der Waals surface area contributed by atoms with Crippen LogP contribution in [-0.4, -0.2) is 22.8 Å². The van der Waals surface area contributed by atoms with Crippen LogP contribution >= 0.6 is 34.8 Å². The summed E-state index contributed by atoms with van der Waals surface area (Å²) in [5, 5.41) is 0. The molecule has 0 amide bonds. The molecule has 5 heteroatoms. The number of ether oxygens (including phenoxy) is 1. The molecule has 0 spiro atoms. The minimum absolute atomic E-state index is 0.286. The normalized spacial score (nSPS) is 18.8. The zero-order valence-corrected chi connectivity index (χ0v) is 13.9. The number of aromatic amines is 1. The van der Waals surface area contributed by atoms with Crippen LogP contribution in [0.2, 0.25) is 0 Å². The van der Waals surface area contributed by atoms with E-state index in [1.165, 1.54) is 9.09 Å². The molecule has 0 unspecified atom stereocenters. The quantitative estimate of drug-likeness (QED) is 0.620. The molecule has 1 aliphatic rings. The molecule has 1 fully saturated rings. The van der Waals surface area contributed by atoms with Gasteiger partial charge in [0.05, 0.1) is 11.0 Å². The Morgan fingerprint density at radius 3 is 2.89 bits per heavy atom. The van der Waals surface area contributed by atoms with Crippen molar-refractivity contribution in [3.8, 4) is 0 Å². The van der Waals surface area contributed by atoms with E-state index in [1.807, 2.05) is 0 Å². The number of nitrogens with zero attached hydrogens (tertiary/aromatic N) is 1. The predicted molar refractivity (Wildman–Crippen MR) is 88.0 cm³/mol. The monoisotopic (exact) mass is 388 g/mol. The van der Waals surface area contributed by atoms with Crippen LogP contribution in [0.4, 0.5) is 0 Å². The van der Waals surface area contributed by atoms with Crippen molar-refractivity contribution in [2.45, 2.75) is 26.3 Å². The molecular formula is C14H17IN2OS. The predicted octanol–water partition coefficient (Wildman–Crippen LogP) is 4.12. The molecule has 0 saturated carbocycles. The van der Waals surface area contributed by atoms with Gasteiger partial charge in [0.2, 0.25) is 0 Å². The van der Waals surface area contributed by atoms with Crippen molar-refractivity contribution in [2.75, 3.05) is 13.2 Å². The van der Waals surface area contributed by atoms with Gasteiger partial charge >= 0.3 is 0 Å². The van der Waals surface area contributed by atoms with E-state index < -0.39 is 0 Å². The number of benzene rings is 1. The van der Waals surface area contributed by atoms with Gasteiger partial charge in [0.25, 0.3) is 0 Å². The summed E-state index contributed by atoms with van der Waals surface area (Å²) in [6.45, 7) is 5.03. The average Bonchev–Trinajstić information content (AvgIpc) is 2.65. The molecule has 0 radical (unpaired) electrons. The van der Waals surface area contributed by atoms with Gasteiger partial charge < -0.3 is 14.3 Å². The fraction of sp³-hybridized carbons (Fsp3) is 0.500. The van der Waals surface area contributed by atoms with Gasteiger partial charge in [-0.2, -0.15) is 0 Å². The number of nitrogens with one attached hydrogen (secondary N) is 1. The number of fused-ring (bicyclic) bond motifs is 1. The molecular weight excluding hydrogens is 371 g/mol. The van der Waals surface area contributed by atoms with Crippen molar-refractivity contribution in [3.63, 3.8) is 0 Å².